The van der Waals surface area contributed by atoms with E-state index in [1.165, 1.54) is 0 Å². The van der Waals surface area contributed by atoms with Crippen molar-refractivity contribution in [2.45, 2.75) is 32.1 Å². The van der Waals surface area contributed by atoms with E-state index in [4.69, 9.17) is 0 Å². The molecule has 0 fully saturated rings. The van der Waals surface area contributed by atoms with E-state index in [9.17, 15) is 8.42 Å². The van der Waals surface area contributed by atoms with Crippen LogP contribution in [0.15, 0.2) is 17.2 Å². The summed E-state index contributed by atoms with van der Waals surface area (Å²) < 4.78 is 22.9. The Kier molecular flexibility index (Phi) is 3.26. The van der Waals surface area contributed by atoms with E-state index in [-0.39, 0.29) is 5.75 Å². The zero-order valence-electron chi connectivity index (χ0n) is 8.74. The average Bonchev–Trinajstić information content (AvgIpc) is 2.47. The van der Waals surface area contributed by atoms with Gasteiger partial charge in [-0.3, -0.25) is 4.98 Å². The topological polar surface area (TPSA) is 47.0 Å². The predicted octanol–water partition coefficient (Wildman–Crippen LogP) is 1.75. The molecule has 0 spiro atoms. The molecule has 4 heteroatoms. The van der Waals surface area contributed by atoms with Gasteiger partial charge >= 0.3 is 0 Å². The van der Waals surface area contributed by atoms with Crippen molar-refractivity contribution in [2.75, 3.05) is 5.75 Å². The molecule has 0 aliphatic carbocycles. The van der Waals surface area contributed by atoms with Gasteiger partial charge in [0, 0.05) is 12.6 Å². The molecule has 0 radical (unpaired) electrons. The Morgan fingerprint density at radius 1 is 1.36 bits per heavy atom. The highest BCUT2D eigenvalue weighted by molar-refractivity contribution is 7.91. The zero-order chi connectivity index (χ0) is 10.8. The van der Waals surface area contributed by atoms with E-state index in [0.29, 0.717) is 11.3 Å². The monoisotopic (exact) mass is 213 g/mol. The molecule has 0 unspecified atom stereocenters. The summed E-state index contributed by atoms with van der Waals surface area (Å²) in [7, 11) is -3.00. The summed E-state index contributed by atoms with van der Waals surface area (Å²) in [5.41, 5.74) is 1.55. The van der Waals surface area contributed by atoms with Gasteiger partial charge in [-0.1, -0.05) is 13.8 Å². The van der Waals surface area contributed by atoms with Gasteiger partial charge in [0.15, 0.2) is 9.84 Å². The molecule has 0 aromatic carbocycles. The van der Waals surface area contributed by atoms with Crippen molar-refractivity contribution in [1.29, 1.82) is 0 Å². The van der Waals surface area contributed by atoms with Crippen LogP contribution in [0, 0.1) is 6.92 Å². The first kappa shape index (κ1) is 11.2. The third-order valence-electron chi connectivity index (χ3n) is 2.09. The molecular formula is C10H15NO2S. The molecule has 0 bridgehead atoms. The molecule has 2 rings (SSSR count). The predicted molar refractivity (Wildman–Crippen MR) is 56.1 cm³/mol. The van der Waals surface area contributed by atoms with Crippen molar-refractivity contribution in [2.24, 2.45) is 0 Å². The van der Waals surface area contributed by atoms with Crippen molar-refractivity contribution < 1.29 is 8.42 Å². The van der Waals surface area contributed by atoms with Crippen LogP contribution in [0.5, 0.6) is 0 Å². The molecule has 0 atom stereocenters. The molecule has 0 saturated carbocycles. The fraction of sp³-hybridized carbons (Fsp3) is 0.500. The first-order chi connectivity index (χ1) is 6.61. The van der Waals surface area contributed by atoms with Gasteiger partial charge in [0.2, 0.25) is 0 Å². The highest BCUT2D eigenvalue weighted by atomic mass is 32.2. The summed E-state index contributed by atoms with van der Waals surface area (Å²) in [5, 5.41) is 0. The van der Waals surface area contributed by atoms with Crippen LogP contribution in [0.1, 0.15) is 25.1 Å². The molecule has 1 aliphatic heterocycles. The van der Waals surface area contributed by atoms with Crippen molar-refractivity contribution in [1.82, 2.24) is 4.98 Å². The van der Waals surface area contributed by atoms with Gasteiger partial charge in [0.25, 0.3) is 0 Å². The van der Waals surface area contributed by atoms with E-state index < -0.39 is 9.84 Å². The zero-order valence-corrected chi connectivity index (χ0v) is 9.56. The van der Waals surface area contributed by atoms with E-state index >= 15 is 0 Å². The Morgan fingerprint density at radius 3 is 2.57 bits per heavy atom. The minimum absolute atomic E-state index is 0.222. The maximum Gasteiger partial charge on any atom is 0.180 e. The van der Waals surface area contributed by atoms with Crippen LogP contribution in [0.25, 0.3) is 0 Å². The number of hydrogen-bond acceptors (Lipinski definition) is 3. The largest absolute Gasteiger partial charge is 0.260 e. The molecule has 14 heavy (non-hydrogen) atoms. The Balaban J connectivity index is 0.000000461. The first-order valence-electron chi connectivity index (χ1n) is 4.78. The second-order valence-corrected chi connectivity index (χ2v) is 5.02. The Hall–Kier alpha value is -0.900. The van der Waals surface area contributed by atoms with Crippen LogP contribution in [0.3, 0.4) is 0 Å². The summed E-state index contributed by atoms with van der Waals surface area (Å²) in [6, 6.07) is 1.74. The fourth-order valence-corrected chi connectivity index (χ4v) is 3.28. The Morgan fingerprint density at radius 2 is 2.00 bits per heavy atom. The number of sulfone groups is 1. The van der Waals surface area contributed by atoms with Gasteiger partial charge in [-0.25, -0.2) is 8.42 Å². The van der Waals surface area contributed by atoms with E-state index in [2.05, 4.69) is 4.98 Å². The molecule has 0 N–H and O–H groups in total. The van der Waals surface area contributed by atoms with Gasteiger partial charge < -0.3 is 0 Å². The first-order valence-corrected chi connectivity index (χ1v) is 6.44. The van der Waals surface area contributed by atoms with Crippen molar-refractivity contribution in [3.8, 4) is 0 Å². The molecule has 0 saturated heterocycles. The molecule has 1 aliphatic rings. The van der Waals surface area contributed by atoms with E-state index in [0.717, 1.165) is 11.3 Å². The average molecular weight is 213 g/mol. The van der Waals surface area contributed by atoms with Gasteiger partial charge in [0.1, 0.15) is 0 Å². The lowest BCUT2D eigenvalue weighted by Crippen LogP contribution is -2.00. The van der Waals surface area contributed by atoms with Gasteiger partial charge in [0.05, 0.1) is 16.3 Å². The summed E-state index contributed by atoms with van der Waals surface area (Å²) in [6.45, 7) is 5.81. The maximum atomic E-state index is 11.4. The highest BCUT2D eigenvalue weighted by Gasteiger charge is 2.28. The molecule has 2 heterocycles. The quantitative estimate of drug-likeness (QED) is 0.659. The summed E-state index contributed by atoms with van der Waals surface area (Å²) >= 11 is 0. The number of aryl methyl sites for hydroxylation is 2. The van der Waals surface area contributed by atoms with Crippen molar-refractivity contribution in [3.63, 3.8) is 0 Å². The molecule has 1 aromatic heterocycles. The third kappa shape index (κ3) is 1.80. The second-order valence-electron chi connectivity index (χ2n) is 2.97. The van der Waals surface area contributed by atoms with Gasteiger partial charge in [-0.15, -0.1) is 0 Å². The molecule has 1 aromatic rings. The Bertz CT molecular complexity index is 424. The molecule has 0 amide bonds. The second kappa shape index (κ2) is 4.09. The lowest BCUT2D eigenvalue weighted by molar-refractivity contribution is 0.599. The third-order valence-corrected chi connectivity index (χ3v) is 4.01. The van der Waals surface area contributed by atoms with Crippen LogP contribution in [0.4, 0.5) is 0 Å². The highest BCUT2D eigenvalue weighted by Crippen LogP contribution is 2.26. The summed E-state index contributed by atoms with van der Waals surface area (Å²) in [6.07, 6.45) is 2.23. The van der Waals surface area contributed by atoms with Gasteiger partial charge in [-0.05, 0) is 18.6 Å². The standard InChI is InChI=1S/C8H9NO2S.C2H6/c1-6-2-4-9-7-3-5-12(10,11)8(6)7;1-2/h2,4H,3,5H2,1H3;1-2H3. The minimum atomic E-state index is -3.00. The fourth-order valence-electron chi connectivity index (χ4n) is 1.54. The smallest absolute Gasteiger partial charge is 0.180 e. The van der Waals surface area contributed by atoms with Crippen LogP contribution in [-0.4, -0.2) is 19.2 Å². The number of hydrogen-bond donors (Lipinski definition) is 0. The van der Waals surface area contributed by atoms with Crippen LogP contribution in [-0.2, 0) is 16.3 Å². The van der Waals surface area contributed by atoms with Crippen LogP contribution in [0.2, 0.25) is 0 Å². The summed E-state index contributed by atoms with van der Waals surface area (Å²) in [4.78, 5) is 4.50. The van der Waals surface area contributed by atoms with Crippen molar-refractivity contribution in [3.05, 3.63) is 23.5 Å². The number of nitrogens with zero attached hydrogens (tertiary/aromatic N) is 1. The lowest BCUT2D eigenvalue weighted by atomic mass is 10.2. The molecule has 3 nitrogen and oxygen atoms in total. The van der Waals surface area contributed by atoms with E-state index in [1.54, 1.807) is 12.3 Å². The lowest BCUT2D eigenvalue weighted by Gasteiger charge is -2.00. The number of pyridine rings is 1. The van der Waals surface area contributed by atoms with Crippen molar-refractivity contribution >= 4 is 9.84 Å². The van der Waals surface area contributed by atoms with Crippen LogP contribution < -0.4 is 0 Å². The number of rotatable bonds is 0. The normalized spacial score (nSPS) is 16.8. The van der Waals surface area contributed by atoms with Gasteiger partial charge in [-0.2, -0.15) is 0 Å². The molecule has 78 valence electrons. The van der Waals surface area contributed by atoms with E-state index in [1.807, 2.05) is 20.8 Å². The number of fused-ring (bicyclic) bond motifs is 1. The SMILES string of the molecule is CC.Cc1ccnc2c1S(=O)(=O)CC2. The van der Waals surface area contributed by atoms with Crippen LogP contribution >= 0.6 is 0 Å². The minimum Gasteiger partial charge on any atom is -0.260 e. The summed E-state index contributed by atoms with van der Waals surface area (Å²) in [5.74, 6) is 0.222. The molecular weight excluding hydrogens is 198 g/mol. The maximum absolute atomic E-state index is 11.4. The number of aromatic nitrogens is 1. The Labute approximate surface area is 85.1 Å².